The third-order valence-electron chi connectivity index (χ3n) is 10.6. The average molecular weight is 731 g/mol. The van der Waals surface area contributed by atoms with Gasteiger partial charge in [-0.25, -0.2) is 23.5 Å². The van der Waals surface area contributed by atoms with Gasteiger partial charge in [-0.3, -0.25) is 9.69 Å². The molecule has 9 rings (SSSR count). The summed E-state index contributed by atoms with van der Waals surface area (Å²) in [6, 6.07) is 11.6. The first kappa shape index (κ1) is 33.3. The molecular formula is C37H31Cl2F2N7O3. The Bertz CT molecular complexity index is 2330. The first-order chi connectivity index (χ1) is 24.6. The number of hydrogen-bond acceptors (Lipinski definition) is 6. The number of carbonyl (C=O) groups is 2. The van der Waals surface area contributed by atoms with Crippen LogP contribution in [-0.4, -0.2) is 62.7 Å². The molecule has 3 aliphatic heterocycles. The lowest BCUT2D eigenvalue weighted by Gasteiger charge is -2.39. The van der Waals surface area contributed by atoms with Gasteiger partial charge in [-0.15, -0.1) is 0 Å². The van der Waals surface area contributed by atoms with Crippen LogP contribution in [0.5, 0.6) is 0 Å². The summed E-state index contributed by atoms with van der Waals surface area (Å²) in [5, 5.41) is 27.1. The number of nitrogens with zero attached hydrogens (tertiary/aromatic N) is 5. The number of halogens is 4. The molecule has 3 saturated heterocycles. The van der Waals surface area contributed by atoms with Crippen molar-refractivity contribution in [3.8, 4) is 28.5 Å². The molecule has 2 amide bonds. The minimum Gasteiger partial charge on any atom is -0.465 e. The summed E-state index contributed by atoms with van der Waals surface area (Å²) in [4.78, 5) is 35.2. The second-order valence-electron chi connectivity index (χ2n) is 13.3. The highest BCUT2D eigenvalue weighted by molar-refractivity contribution is 6.43. The van der Waals surface area contributed by atoms with Crippen LogP contribution in [0, 0.1) is 28.9 Å². The molecule has 6 heterocycles. The van der Waals surface area contributed by atoms with Crippen LogP contribution >= 0.6 is 23.2 Å². The van der Waals surface area contributed by atoms with E-state index < -0.39 is 35.4 Å². The van der Waals surface area contributed by atoms with Crippen LogP contribution in [0.4, 0.5) is 13.6 Å². The van der Waals surface area contributed by atoms with Crippen molar-refractivity contribution < 1.29 is 23.5 Å². The van der Waals surface area contributed by atoms with Gasteiger partial charge in [0.25, 0.3) is 5.91 Å². The molecule has 5 aromatic rings. The fourth-order valence-electron chi connectivity index (χ4n) is 8.32. The smallest absolute Gasteiger partial charge is 0.407 e. The zero-order valence-corrected chi connectivity index (χ0v) is 28.8. The van der Waals surface area contributed by atoms with Crippen LogP contribution in [0.1, 0.15) is 59.5 Å². The summed E-state index contributed by atoms with van der Waals surface area (Å²) >= 11 is 13.1. The number of nitriles is 1. The topological polar surface area (TPSA) is 136 Å². The molecule has 0 spiro atoms. The van der Waals surface area contributed by atoms with Gasteiger partial charge < -0.3 is 20.3 Å². The molecule has 260 valence electrons. The van der Waals surface area contributed by atoms with E-state index in [0.29, 0.717) is 46.8 Å². The monoisotopic (exact) mass is 729 g/mol. The number of nitrogens with one attached hydrogen (secondary N) is 2. The third kappa shape index (κ3) is 5.21. The molecule has 3 N–H and O–H groups in total. The van der Waals surface area contributed by atoms with Gasteiger partial charge in [-0.2, -0.15) is 5.26 Å². The Morgan fingerprint density at radius 3 is 2.71 bits per heavy atom. The Balaban J connectivity index is 1.51. The quantitative estimate of drug-likeness (QED) is 0.156. The van der Waals surface area contributed by atoms with Crippen molar-refractivity contribution in [3.05, 3.63) is 81.2 Å². The molecule has 0 unspecified atom stereocenters. The van der Waals surface area contributed by atoms with E-state index >= 15 is 8.78 Å². The van der Waals surface area contributed by atoms with E-state index in [1.54, 1.807) is 18.2 Å². The van der Waals surface area contributed by atoms with Crippen LogP contribution < -0.4 is 10.6 Å². The standard InChI is InChI=1S/C37H31Cl2F2N7O3/c1-43-36(49)33-24(40)12-18(15-45-33)31-22-14-27(26-8-4-10-47(26)37(50)51)48(34-19-13-25(34)44-16-19)35(22)21-11-17(5-3-9-42)28(30(41)32(21)46-31)20-6-2-7-23(38)29(20)39/h2,6-7,11-12,14-15,19,25-26,34,44H,3-5,8,10,13,16H2,1H3,(H,43,49)(H,50,51)/t19-,25-,26-,34+/m1/s1. The van der Waals surface area contributed by atoms with E-state index in [1.165, 1.54) is 18.1 Å². The maximum absolute atomic E-state index is 17.4. The molecule has 51 heavy (non-hydrogen) atoms. The molecule has 4 fully saturated rings. The zero-order chi connectivity index (χ0) is 35.7. The summed E-state index contributed by atoms with van der Waals surface area (Å²) in [7, 11) is 1.37. The summed E-state index contributed by atoms with van der Waals surface area (Å²) in [5.74, 6) is -2.02. The van der Waals surface area contributed by atoms with E-state index in [0.717, 1.165) is 24.7 Å². The minimum atomic E-state index is -1.03. The molecule has 10 nitrogen and oxygen atoms in total. The second kappa shape index (κ2) is 12.7. The maximum Gasteiger partial charge on any atom is 0.407 e. The number of pyridine rings is 2. The van der Waals surface area contributed by atoms with Gasteiger partial charge in [0, 0.05) is 72.0 Å². The van der Waals surface area contributed by atoms with Crippen molar-refractivity contribution in [2.75, 3.05) is 20.1 Å². The molecule has 0 radical (unpaired) electrons. The van der Waals surface area contributed by atoms with Gasteiger partial charge in [-0.1, -0.05) is 35.3 Å². The number of benzene rings is 2. The fourth-order valence-corrected chi connectivity index (χ4v) is 8.72. The lowest BCUT2D eigenvalue weighted by molar-refractivity contribution is 0.0953. The molecule has 2 aromatic carbocycles. The van der Waals surface area contributed by atoms with Crippen molar-refractivity contribution in [3.63, 3.8) is 0 Å². The van der Waals surface area contributed by atoms with E-state index in [4.69, 9.17) is 28.2 Å². The Morgan fingerprint density at radius 1 is 1.20 bits per heavy atom. The largest absolute Gasteiger partial charge is 0.465 e. The summed E-state index contributed by atoms with van der Waals surface area (Å²) in [6.45, 7) is 1.16. The van der Waals surface area contributed by atoms with Crippen molar-refractivity contribution in [1.29, 1.82) is 5.26 Å². The normalized spacial score (nSPS) is 20.9. The molecule has 4 aliphatic rings. The van der Waals surface area contributed by atoms with Crippen molar-refractivity contribution in [1.82, 2.24) is 30.1 Å². The number of amides is 2. The van der Waals surface area contributed by atoms with Crippen molar-refractivity contribution in [2.24, 2.45) is 5.92 Å². The van der Waals surface area contributed by atoms with Crippen molar-refractivity contribution in [2.45, 2.75) is 50.2 Å². The Kier molecular flexibility index (Phi) is 8.32. The van der Waals surface area contributed by atoms with E-state index in [1.807, 2.05) is 12.1 Å². The van der Waals surface area contributed by atoms with Gasteiger partial charge in [0.1, 0.15) is 5.52 Å². The highest BCUT2D eigenvalue weighted by atomic mass is 35.5. The van der Waals surface area contributed by atoms with Crippen LogP contribution in [0.3, 0.4) is 0 Å². The summed E-state index contributed by atoms with van der Waals surface area (Å²) in [6.07, 6.45) is 2.83. The van der Waals surface area contributed by atoms with Gasteiger partial charge in [-0.05, 0) is 61.4 Å². The van der Waals surface area contributed by atoms with Crippen LogP contribution in [-0.2, 0) is 6.42 Å². The minimum absolute atomic E-state index is 0.0212. The lowest BCUT2D eigenvalue weighted by atomic mass is 9.79. The number of hydrogen-bond donors (Lipinski definition) is 3. The number of carbonyl (C=O) groups excluding carboxylic acids is 1. The Hall–Kier alpha value is -4.83. The molecule has 3 aromatic heterocycles. The van der Waals surface area contributed by atoms with Crippen LogP contribution in [0.15, 0.2) is 42.6 Å². The van der Waals surface area contributed by atoms with Gasteiger partial charge in [0.15, 0.2) is 17.3 Å². The van der Waals surface area contributed by atoms with Crippen LogP contribution in [0.2, 0.25) is 10.0 Å². The number of carboxylic acid groups (broad SMARTS) is 1. The van der Waals surface area contributed by atoms with Gasteiger partial charge in [0.2, 0.25) is 0 Å². The number of aromatic nitrogens is 3. The summed E-state index contributed by atoms with van der Waals surface area (Å²) < 4.78 is 35.1. The van der Waals surface area contributed by atoms with Crippen LogP contribution in [0.25, 0.3) is 44.2 Å². The molecule has 1 saturated carbocycles. The molecular weight excluding hydrogens is 699 g/mol. The van der Waals surface area contributed by atoms with E-state index in [2.05, 4.69) is 26.3 Å². The van der Waals surface area contributed by atoms with E-state index in [9.17, 15) is 20.0 Å². The molecule has 1 aliphatic carbocycles. The van der Waals surface area contributed by atoms with Gasteiger partial charge >= 0.3 is 6.09 Å². The maximum atomic E-state index is 17.4. The number of likely N-dealkylation sites (tertiary alicyclic amines) is 1. The fraction of sp³-hybridized carbons (Fsp3) is 0.324. The number of aryl methyl sites for hydroxylation is 1. The first-order valence-corrected chi connectivity index (χ1v) is 17.5. The third-order valence-corrected chi connectivity index (χ3v) is 11.5. The predicted molar refractivity (Wildman–Crippen MR) is 189 cm³/mol. The zero-order valence-electron chi connectivity index (χ0n) is 27.3. The first-order valence-electron chi connectivity index (χ1n) is 16.7. The molecule has 14 heteroatoms. The summed E-state index contributed by atoms with van der Waals surface area (Å²) in [5.41, 5.74) is 2.40. The highest BCUT2D eigenvalue weighted by Crippen LogP contribution is 2.51. The average Bonchev–Trinajstić information content (AvgIpc) is 3.93. The van der Waals surface area contributed by atoms with E-state index in [-0.39, 0.29) is 63.2 Å². The predicted octanol–water partition coefficient (Wildman–Crippen LogP) is 7.67. The van der Waals surface area contributed by atoms with Gasteiger partial charge in [0.05, 0.1) is 39.4 Å². The highest BCUT2D eigenvalue weighted by Gasteiger charge is 2.50. The SMILES string of the molecule is CNC(=O)c1ncc(-c2nc3c(F)c(-c4cccc(Cl)c4Cl)c(CCC#N)cc3c3c2cc([C@H]2CCCN2C(=O)O)n3[C@H]2[C@H]3CN[C@@H]2C3)cc1F. The molecule has 2 bridgehead atoms. The Labute approximate surface area is 301 Å². The second-order valence-corrected chi connectivity index (χ2v) is 14.1. The Morgan fingerprint density at radius 2 is 2.02 bits per heavy atom. The lowest BCUT2D eigenvalue weighted by Crippen LogP contribution is -2.40. The number of rotatable bonds is 7. The number of fused-ring (bicyclic) bond motifs is 4. The molecule has 4 atom stereocenters. The van der Waals surface area contributed by atoms with Crippen molar-refractivity contribution >= 4 is 57.0 Å².